The van der Waals surface area contributed by atoms with Crippen molar-refractivity contribution in [1.29, 1.82) is 0 Å². The molecule has 1 N–H and O–H groups in total. The highest BCUT2D eigenvalue weighted by Gasteiger charge is 2.05. The Morgan fingerprint density at radius 2 is 1.28 bits per heavy atom. The summed E-state index contributed by atoms with van der Waals surface area (Å²) < 4.78 is 0. The van der Waals surface area contributed by atoms with Crippen LogP contribution in [-0.2, 0) is 17.3 Å². The number of thioether (sulfide) groups is 2. The minimum Gasteiger partial charge on any atom is -0.351 e. The average Bonchev–Trinajstić information content (AvgIpc) is 2.76. The van der Waals surface area contributed by atoms with E-state index < -0.39 is 0 Å². The molecule has 0 aliphatic heterocycles. The first kappa shape index (κ1) is 21.5. The molecule has 0 bridgehead atoms. The Hall–Kier alpha value is -2.17. The Labute approximate surface area is 182 Å². The van der Waals surface area contributed by atoms with Crippen molar-refractivity contribution in [2.24, 2.45) is 0 Å². The van der Waals surface area contributed by atoms with Crippen molar-refractivity contribution < 1.29 is 4.79 Å². The van der Waals surface area contributed by atoms with Crippen molar-refractivity contribution in [3.8, 4) is 0 Å². The van der Waals surface area contributed by atoms with Gasteiger partial charge in [0.25, 0.3) is 5.91 Å². The zero-order chi connectivity index (χ0) is 20.3. The van der Waals surface area contributed by atoms with Crippen molar-refractivity contribution in [2.75, 3.05) is 12.3 Å². The van der Waals surface area contributed by atoms with E-state index in [9.17, 15) is 4.79 Å². The largest absolute Gasteiger partial charge is 0.351 e. The highest BCUT2D eigenvalue weighted by Crippen LogP contribution is 2.18. The SMILES string of the molecule is Cc1ccc(CSCCNC(=O)c2ccc(CSCc3ccccc3)cc2)cc1. The number of nitrogens with one attached hydrogen (secondary N) is 1. The van der Waals surface area contributed by atoms with Crippen molar-refractivity contribution >= 4 is 29.4 Å². The number of carbonyl (C=O) groups is 1. The summed E-state index contributed by atoms with van der Waals surface area (Å²) in [4.78, 5) is 12.3. The van der Waals surface area contributed by atoms with Gasteiger partial charge in [0.15, 0.2) is 0 Å². The van der Waals surface area contributed by atoms with Gasteiger partial charge in [0.1, 0.15) is 0 Å². The van der Waals surface area contributed by atoms with Crippen LogP contribution in [0.3, 0.4) is 0 Å². The lowest BCUT2D eigenvalue weighted by Crippen LogP contribution is -2.25. The molecule has 4 heteroatoms. The van der Waals surface area contributed by atoms with E-state index in [1.807, 2.05) is 41.7 Å². The van der Waals surface area contributed by atoms with Crippen molar-refractivity contribution in [2.45, 2.75) is 24.2 Å². The molecular formula is C25H27NOS2. The van der Waals surface area contributed by atoms with Crippen molar-refractivity contribution in [3.05, 3.63) is 107 Å². The fraction of sp³-hybridized carbons (Fsp3) is 0.240. The Kier molecular flexibility index (Phi) is 8.72. The van der Waals surface area contributed by atoms with Crippen LogP contribution in [0.2, 0.25) is 0 Å². The van der Waals surface area contributed by atoms with Crippen LogP contribution in [0.1, 0.15) is 32.6 Å². The van der Waals surface area contributed by atoms with E-state index in [1.54, 1.807) is 0 Å². The average molecular weight is 422 g/mol. The summed E-state index contributed by atoms with van der Waals surface area (Å²) in [6.07, 6.45) is 0. The maximum absolute atomic E-state index is 12.3. The summed E-state index contributed by atoms with van der Waals surface area (Å²) in [5, 5.41) is 3.01. The Morgan fingerprint density at radius 1 is 0.724 bits per heavy atom. The predicted octanol–water partition coefficient (Wildman–Crippen LogP) is 6.09. The van der Waals surface area contributed by atoms with E-state index >= 15 is 0 Å². The second-order valence-corrected chi connectivity index (χ2v) is 9.06. The molecular weight excluding hydrogens is 394 g/mol. The topological polar surface area (TPSA) is 29.1 Å². The highest BCUT2D eigenvalue weighted by molar-refractivity contribution is 7.98. The zero-order valence-electron chi connectivity index (χ0n) is 16.8. The van der Waals surface area contributed by atoms with Gasteiger partial charge in [-0.15, -0.1) is 0 Å². The number of hydrogen-bond acceptors (Lipinski definition) is 3. The third-order valence-corrected chi connectivity index (χ3v) is 6.62. The van der Waals surface area contributed by atoms with E-state index in [4.69, 9.17) is 0 Å². The van der Waals surface area contributed by atoms with E-state index in [0.717, 1.165) is 28.6 Å². The lowest BCUT2D eigenvalue weighted by atomic mass is 10.1. The number of carbonyl (C=O) groups excluding carboxylic acids is 1. The van der Waals surface area contributed by atoms with E-state index in [-0.39, 0.29) is 5.91 Å². The molecule has 3 aromatic carbocycles. The Balaban J connectivity index is 1.33. The van der Waals surface area contributed by atoms with Gasteiger partial charge in [-0.05, 0) is 35.7 Å². The summed E-state index contributed by atoms with van der Waals surface area (Å²) in [5.41, 5.74) is 5.93. The Morgan fingerprint density at radius 3 is 1.93 bits per heavy atom. The monoisotopic (exact) mass is 421 g/mol. The molecule has 0 aliphatic carbocycles. The van der Waals surface area contributed by atoms with Crippen LogP contribution >= 0.6 is 23.5 Å². The van der Waals surface area contributed by atoms with E-state index in [1.165, 1.54) is 22.3 Å². The zero-order valence-corrected chi connectivity index (χ0v) is 18.4. The molecule has 29 heavy (non-hydrogen) atoms. The second-order valence-electron chi connectivity index (χ2n) is 6.97. The van der Waals surface area contributed by atoms with Crippen LogP contribution in [0.15, 0.2) is 78.9 Å². The normalized spacial score (nSPS) is 10.7. The quantitative estimate of drug-likeness (QED) is 0.402. The van der Waals surface area contributed by atoms with Gasteiger partial charge in [-0.3, -0.25) is 4.79 Å². The first-order valence-corrected chi connectivity index (χ1v) is 12.1. The van der Waals surface area contributed by atoms with Crippen LogP contribution in [0.5, 0.6) is 0 Å². The molecule has 2 nitrogen and oxygen atoms in total. The fourth-order valence-electron chi connectivity index (χ4n) is 2.83. The number of aryl methyl sites for hydroxylation is 1. The maximum Gasteiger partial charge on any atom is 0.251 e. The number of hydrogen-bond donors (Lipinski definition) is 1. The van der Waals surface area contributed by atoms with Crippen LogP contribution in [0.25, 0.3) is 0 Å². The molecule has 3 rings (SSSR count). The van der Waals surface area contributed by atoms with Crippen LogP contribution in [0, 0.1) is 6.92 Å². The van der Waals surface area contributed by atoms with Gasteiger partial charge in [-0.1, -0.05) is 72.3 Å². The van der Waals surface area contributed by atoms with Crippen molar-refractivity contribution in [1.82, 2.24) is 5.32 Å². The molecule has 0 spiro atoms. The summed E-state index contributed by atoms with van der Waals surface area (Å²) in [6.45, 7) is 2.78. The molecule has 3 aromatic rings. The van der Waals surface area contributed by atoms with Gasteiger partial charge in [0.05, 0.1) is 0 Å². The van der Waals surface area contributed by atoms with Gasteiger partial charge in [-0.2, -0.15) is 23.5 Å². The summed E-state index contributed by atoms with van der Waals surface area (Å²) >= 11 is 3.73. The molecule has 0 saturated carbocycles. The minimum absolute atomic E-state index is 0.00410. The van der Waals surface area contributed by atoms with Gasteiger partial charge in [-0.25, -0.2) is 0 Å². The van der Waals surface area contributed by atoms with Gasteiger partial charge in [0, 0.05) is 35.1 Å². The van der Waals surface area contributed by atoms with Gasteiger partial charge < -0.3 is 5.32 Å². The molecule has 150 valence electrons. The van der Waals surface area contributed by atoms with Crippen molar-refractivity contribution in [3.63, 3.8) is 0 Å². The third kappa shape index (κ3) is 7.64. The molecule has 0 atom stereocenters. The third-order valence-electron chi connectivity index (χ3n) is 4.52. The molecule has 0 radical (unpaired) electrons. The maximum atomic E-state index is 12.3. The van der Waals surface area contributed by atoms with Gasteiger partial charge in [0.2, 0.25) is 0 Å². The molecule has 0 saturated heterocycles. The van der Waals surface area contributed by atoms with Crippen LogP contribution < -0.4 is 5.32 Å². The van der Waals surface area contributed by atoms with Gasteiger partial charge >= 0.3 is 0 Å². The van der Waals surface area contributed by atoms with Crippen LogP contribution in [0.4, 0.5) is 0 Å². The Bertz CT molecular complexity index is 877. The minimum atomic E-state index is 0.00410. The molecule has 0 unspecified atom stereocenters. The second kappa shape index (κ2) is 11.7. The molecule has 0 heterocycles. The molecule has 1 amide bonds. The number of amides is 1. The van der Waals surface area contributed by atoms with E-state index in [0.29, 0.717) is 6.54 Å². The lowest BCUT2D eigenvalue weighted by molar-refractivity contribution is 0.0956. The molecule has 0 aromatic heterocycles. The molecule has 0 aliphatic rings. The fourth-order valence-corrected chi connectivity index (χ4v) is 4.60. The van der Waals surface area contributed by atoms with Crippen LogP contribution in [-0.4, -0.2) is 18.2 Å². The summed E-state index contributed by atoms with van der Waals surface area (Å²) in [6, 6.07) is 27.1. The predicted molar refractivity (Wildman–Crippen MR) is 128 cm³/mol. The lowest BCUT2D eigenvalue weighted by Gasteiger charge is -2.07. The highest BCUT2D eigenvalue weighted by atomic mass is 32.2. The number of benzene rings is 3. The summed E-state index contributed by atoms with van der Waals surface area (Å²) in [5.74, 6) is 3.85. The standard InChI is InChI=1S/C25H27NOS2/c1-20-7-9-22(10-8-20)17-28-16-15-26-25(27)24-13-11-23(12-14-24)19-29-18-21-5-3-2-4-6-21/h2-14H,15-19H2,1H3,(H,26,27). The number of rotatable bonds is 10. The van der Waals surface area contributed by atoms with E-state index in [2.05, 4.69) is 72.9 Å². The first-order valence-electron chi connectivity index (χ1n) is 9.83. The smallest absolute Gasteiger partial charge is 0.251 e. The summed E-state index contributed by atoms with van der Waals surface area (Å²) in [7, 11) is 0. The first-order chi connectivity index (χ1) is 14.2. The molecule has 0 fully saturated rings.